The van der Waals surface area contributed by atoms with Crippen molar-refractivity contribution in [1.29, 1.82) is 0 Å². The Kier molecular flexibility index (Phi) is 3.77. The second-order valence-electron chi connectivity index (χ2n) is 5.36. The Morgan fingerprint density at radius 3 is 2.86 bits per heavy atom. The van der Waals surface area contributed by atoms with Crippen LogP contribution in [0.3, 0.4) is 0 Å². The highest BCUT2D eigenvalue weighted by Crippen LogP contribution is 2.23. The van der Waals surface area contributed by atoms with Gasteiger partial charge in [-0.05, 0) is 11.5 Å². The van der Waals surface area contributed by atoms with E-state index < -0.39 is 5.60 Å². The van der Waals surface area contributed by atoms with Gasteiger partial charge < -0.3 is 20.5 Å². The molecule has 1 aliphatic heterocycles. The fourth-order valence-corrected chi connectivity index (χ4v) is 2.48. The molecule has 3 rings (SSSR count). The summed E-state index contributed by atoms with van der Waals surface area (Å²) in [6.45, 7) is 0.980. The predicted molar refractivity (Wildman–Crippen MR) is 81.4 cm³/mol. The highest BCUT2D eigenvalue weighted by atomic mass is 16.5. The number of hydrogen-bond donors (Lipinski definition) is 3. The highest BCUT2D eigenvalue weighted by molar-refractivity contribution is 6.01. The summed E-state index contributed by atoms with van der Waals surface area (Å²) in [5.74, 6) is 0. The molecule has 0 spiro atoms. The van der Waals surface area contributed by atoms with Crippen LogP contribution in [0.25, 0.3) is 10.8 Å². The number of urea groups is 1. The van der Waals surface area contributed by atoms with Gasteiger partial charge in [-0.25, -0.2) is 4.79 Å². The number of nitrogens with one attached hydrogen (secondary N) is 2. The largest absolute Gasteiger partial charge is 0.386 e. The van der Waals surface area contributed by atoms with E-state index in [-0.39, 0.29) is 19.2 Å². The number of fused-ring (bicyclic) bond motifs is 1. The van der Waals surface area contributed by atoms with Gasteiger partial charge in [-0.1, -0.05) is 36.4 Å². The minimum Gasteiger partial charge on any atom is -0.386 e. The van der Waals surface area contributed by atoms with Crippen molar-refractivity contribution < 1.29 is 14.6 Å². The SMILES string of the molecule is O=C(NCC1(O)CCOC1)Nc1cccc2ccccc12. The highest BCUT2D eigenvalue weighted by Gasteiger charge is 2.32. The zero-order chi connectivity index (χ0) is 14.7. The van der Waals surface area contributed by atoms with Gasteiger partial charge >= 0.3 is 6.03 Å². The first-order valence-corrected chi connectivity index (χ1v) is 6.99. The molecule has 1 saturated heterocycles. The molecule has 1 fully saturated rings. The zero-order valence-electron chi connectivity index (χ0n) is 11.6. The fourth-order valence-electron chi connectivity index (χ4n) is 2.48. The molecule has 3 N–H and O–H groups in total. The monoisotopic (exact) mass is 286 g/mol. The number of amides is 2. The Labute approximate surface area is 122 Å². The van der Waals surface area contributed by atoms with E-state index in [1.165, 1.54) is 0 Å². The van der Waals surface area contributed by atoms with Gasteiger partial charge in [-0.15, -0.1) is 0 Å². The van der Waals surface area contributed by atoms with Crippen LogP contribution in [-0.2, 0) is 4.74 Å². The normalized spacial score (nSPS) is 21.4. The summed E-state index contributed by atoms with van der Waals surface area (Å²) in [5.41, 5.74) is -0.198. The van der Waals surface area contributed by atoms with E-state index in [2.05, 4.69) is 10.6 Å². The van der Waals surface area contributed by atoms with E-state index in [0.717, 1.165) is 16.5 Å². The summed E-state index contributed by atoms with van der Waals surface area (Å²) in [4.78, 5) is 12.0. The zero-order valence-corrected chi connectivity index (χ0v) is 11.6. The lowest BCUT2D eigenvalue weighted by Crippen LogP contribution is -2.44. The van der Waals surface area contributed by atoms with Crippen molar-refractivity contribution in [2.75, 3.05) is 25.1 Å². The number of rotatable bonds is 3. The number of hydrogen-bond acceptors (Lipinski definition) is 3. The van der Waals surface area contributed by atoms with Crippen molar-refractivity contribution >= 4 is 22.5 Å². The van der Waals surface area contributed by atoms with Gasteiger partial charge in [0.15, 0.2) is 0 Å². The van der Waals surface area contributed by atoms with Gasteiger partial charge in [0, 0.05) is 18.4 Å². The molecule has 0 saturated carbocycles. The van der Waals surface area contributed by atoms with Crippen LogP contribution in [0.1, 0.15) is 6.42 Å². The minimum atomic E-state index is -0.948. The molecule has 21 heavy (non-hydrogen) atoms. The number of carbonyl (C=O) groups excluding carboxylic acids is 1. The number of ether oxygens (including phenoxy) is 1. The molecule has 0 radical (unpaired) electrons. The lowest BCUT2D eigenvalue weighted by molar-refractivity contribution is 0.0295. The molecule has 1 heterocycles. The van der Waals surface area contributed by atoms with Crippen molar-refractivity contribution in [1.82, 2.24) is 5.32 Å². The van der Waals surface area contributed by atoms with E-state index in [1.807, 2.05) is 42.5 Å². The van der Waals surface area contributed by atoms with Crippen molar-refractivity contribution in [3.05, 3.63) is 42.5 Å². The average molecular weight is 286 g/mol. The lowest BCUT2D eigenvalue weighted by Gasteiger charge is -2.20. The molecule has 1 atom stereocenters. The van der Waals surface area contributed by atoms with Crippen molar-refractivity contribution in [2.24, 2.45) is 0 Å². The molecule has 2 aromatic rings. The fraction of sp³-hybridized carbons (Fsp3) is 0.312. The first-order valence-electron chi connectivity index (χ1n) is 6.99. The van der Waals surface area contributed by atoms with Crippen LogP contribution in [0.2, 0.25) is 0 Å². The van der Waals surface area contributed by atoms with E-state index in [1.54, 1.807) is 0 Å². The smallest absolute Gasteiger partial charge is 0.319 e. The van der Waals surface area contributed by atoms with E-state index >= 15 is 0 Å². The number of carbonyl (C=O) groups is 1. The predicted octanol–water partition coefficient (Wildman–Crippen LogP) is 2.11. The molecule has 0 aromatic heterocycles. The van der Waals surface area contributed by atoms with Gasteiger partial charge in [0.2, 0.25) is 0 Å². The molecular weight excluding hydrogens is 268 g/mol. The standard InChI is InChI=1S/C16H18N2O3/c19-15(17-10-16(20)8-9-21-11-16)18-14-7-3-5-12-4-1-2-6-13(12)14/h1-7,20H,8-11H2,(H2,17,18,19). The summed E-state index contributed by atoms with van der Waals surface area (Å²) in [6.07, 6.45) is 0.543. The Balaban J connectivity index is 1.66. The van der Waals surface area contributed by atoms with Crippen LogP contribution in [0.4, 0.5) is 10.5 Å². The van der Waals surface area contributed by atoms with Crippen LogP contribution in [0, 0.1) is 0 Å². The molecule has 2 amide bonds. The van der Waals surface area contributed by atoms with Crippen LogP contribution >= 0.6 is 0 Å². The Hall–Kier alpha value is -2.11. The Morgan fingerprint density at radius 2 is 2.05 bits per heavy atom. The van der Waals surface area contributed by atoms with Crippen LogP contribution < -0.4 is 10.6 Å². The maximum Gasteiger partial charge on any atom is 0.319 e. The number of anilines is 1. The third-order valence-electron chi connectivity index (χ3n) is 3.70. The molecule has 1 unspecified atom stereocenters. The summed E-state index contributed by atoms with van der Waals surface area (Å²) in [5, 5.41) is 17.7. The quantitative estimate of drug-likeness (QED) is 0.809. The average Bonchev–Trinajstić information content (AvgIpc) is 2.93. The minimum absolute atomic E-state index is 0.184. The second kappa shape index (κ2) is 5.71. The first-order chi connectivity index (χ1) is 10.2. The van der Waals surface area contributed by atoms with E-state index in [4.69, 9.17) is 4.74 Å². The second-order valence-corrected chi connectivity index (χ2v) is 5.36. The van der Waals surface area contributed by atoms with Crippen LogP contribution in [0.5, 0.6) is 0 Å². The summed E-state index contributed by atoms with van der Waals surface area (Å²) in [6, 6.07) is 13.3. The third-order valence-corrected chi connectivity index (χ3v) is 3.70. The van der Waals surface area contributed by atoms with Gasteiger partial charge in [-0.2, -0.15) is 0 Å². The summed E-state index contributed by atoms with van der Waals surface area (Å²) < 4.78 is 5.15. The van der Waals surface area contributed by atoms with Gasteiger partial charge in [0.1, 0.15) is 5.60 Å². The maximum absolute atomic E-state index is 12.0. The van der Waals surface area contributed by atoms with E-state index in [9.17, 15) is 9.90 Å². The molecule has 0 bridgehead atoms. The number of aliphatic hydroxyl groups is 1. The number of benzene rings is 2. The Bertz CT molecular complexity index is 646. The van der Waals surface area contributed by atoms with Crippen LogP contribution in [-0.4, -0.2) is 36.5 Å². The topological polar surface area (TPSA) is 70.6 Å². The molecule has 1 aliphatic rings. The molecule has 0 aliphatic carbocycles. The first kappa shape index (κ1) is 13.9. The van der Waals surface area contributed by atoms with Crippen LogP contribution in [0.15, 0.2) is 42.5 Å². The molecular formula is C16H18N2O3. The maximum atomic E-state index is 12.0. The molecule has 5 heteroatoms. The lowest BCUT2D eigenvalue weighted by atomic mass is 10.0. The third kappa shape index (κ3) is 3.15. The van der Waals surface area contributed by atoms with Crippen molar-refractivity contribution in [3.63, 3.8) is 0 Å². The molecule has 5 nitrogen and oxygen atoms in total. The van der Waals surface area contributed by atoms with E-state index in [0.29, 0.717) is 13.0 Å². The van der Waals surface area contributed by atoms with Crippen molar-refractivity contribution in [2.45, 2.75) is 12.0 Å². The summed E-state index contributed by atoms with van der Waals surface area (Å²) >= 11 is 0. The molecule has 110 valence electrons. The van der Waals surface area contributed by atoms with Gasteiger partial charge in [0.25, 0.3) is 0 Å². The van der Waals surface area contributed by atoms with Gasteiger partial charge in [-0.3, -0.25) is 0 Å². The molecule has 2 aromatic carbocycles. The van der Waals surface area contributed by atoms with Gasteiger partial charge in [0.05, 0.1) is 18.8 Å². The summed E-state index contributed by atoms with van der Waals surface area (Å²) in [7, 11) is 0. The Morgan fingerprint density at radius 1 is 1.24 bits per heavy atom. The van der Waals surface area contributed by atoms with Crippen molar-refractivity contribution in [3.8, 4) is 0 Å².